The number of carbonyl (C=O) groups excluding carboxylic acids is 3. The summed E-state index contributed by atoms with van der Waals surface area (Å²) < 4.78 is 0. The van der Waals surface area contributed by atoms with Crippen LogP contribution < -0.4 is 16.0 Å². The molecule has 0 fully saturated rings. The lowest BCUT2D eigenvalue weighted by atomic mass is 9.98. The topological polar surface area (TPSA) is 381 Å². The SMILES string of the molecule is C=Cc1c(C)c2cc3[nH]c(cc4nc(cc5nc(cc1[nH]2)C(C)=C5CCC(=O)NCCN(C(C)C)C(C)C)C(CCC(=O)O)=C4C)c(C)c3C=C.C=Cc1c(C)c2cc3[nH]c(cc4nc(cc5nc(cc1[nH]2)C(C)=C5CCC(=O)NCCN(C)C)C(CCC(=O)O)=C4C)c(C)c3C=C.C=Cc1c(C)c2cc3[nH]c(cc4nc(cc5nc(cc1[nH]2)C(C)=C5CCC(=O)NCCN(CC)CC)C(CCC(=O)O)=C4C)c(C)c3C=C. The zero-order valence-electron chi connectivity index (χ0n) is 89.2. The Labute approximate surface area is 862 Å². The number of hydrogen-bond donors (Lipinski definition) is 12. The fourth-order valence-electron chi connectivity index (χ4n) is 20.3. The van der Waals surface area contributed by atoms with Crippen molar-refractivity contribution in [1.29, 1.82) is 0 Å². The standard InChI is InChI=1S/C42H52N6O3.C40H48N6O3.C38H44N6O3/c1-11-29-25(7)33-19-34-28(10)32(14-16-42(50)51)40(46-34)22-39-31(13-15-41(49)43-17-18-48(23(3)4)24(5)6)27(9)36(47-39)21-38-30(12-2)26(8)35(45-38)20-37(29)44-33;1-9-27-23(5)31-19-32-26(8)30(14-16-40(48)49)38(44-32)22-37-29(13-15-39(47)41-17-18-46(11-3)12-4)25(7)34(45-37)21-36-28(10-2)24(6)33(43-36)20-35(27)42-31;1-9-25-21(3)29-17-30-24(6)28(12-14-38(46)47)36(42-30)20-35-27(11-13-37(45)39-15-16-44(7)8)23(5)32(43-35)19-34-26(10-2)22(4)31(41-34)18-33(25)40-29/h11-12,19-24,44-45H,1-2,13-18H2,3-10H3,(H,43,49)(H,50,51);9-10,19-22,42-43H,1-2,11-18H2,3-8H3,(H,41,47)(H,48,49);9-10,17-20,40-41H,1-2,11-16H2,3-8H3,(H,39,45)(H,46,47). The minimum absolute atomic E-state index is 0.00236. The maximum atomic E-state index is 13.2. The summed E-state index contributed by atoms with van der Waals surface area (Å²) in [4.78, 5) is 133. The lowest BCUT2D eigenvalue weighted by Crippen LogP contribution is -2.42. The van der Waals surface area contributed by atoms with E-state index in [-0.39, 0.29) is 37.0 Å². The lowest BCUT2D eigenvalue weighted by Gasteiger charge is -2.30. The number of carboxylic acids is 3. The van der Waals surface area contributed by atoms with Gasteiger partial charge in [0, 0.05) is 189 Å². The molecule has 0 atom stereocenters. The van der Waals surface area contributed by atoms with Crippen molar-refractivity contribution in [2.75, 3.05) is 66.5 Å². The summed E-state index contributed by atoms with van der Waals surface area (Å²) in [6.07, 6.45) is 14.6. The van der Waals surface area contributed by atoms with Gasteiger partial charge in [0.1, 0.15) is 0 Å². The predicted molar refractivity (Wildman–Crippen MR) is 608 cm³/mol. The molecule has 15 heterocycles. The number of rotatable bonds is 37. The molecule has 768 valence electrons. The third kappa shape index (κ3) is 24.7. The van der Waals surface area contributed by atoms with E-state index in [1.807, 2.05) is 152 Å². The van der Waals surface area contributed by atoms with Crippen LogP contribution in [0.25, 0.3) is 170 Å². The second-order valence-electron chi connectivity index (χ2n) is 39.3. The Morgan fingerprint density at radius 3 is 0.694 bits per heavy atom. The van der Waals surface area contributed by atoms with E-state index in [1.165, 1.54) is 0 Å². The number of aromatic amines is 6. The number of fused-ring (bicyclic) bond motifs is 24. The third-order valence-corrected chi connectivity index (χ3v) is 29.2. The number of amides is 3. The van der Waals surface area contributed by atoms with E-state index < -0.39 is 17.9 Å². The molecule has 0 radical (unpaired) electrons. The molecule has 147 heavy (non-hydrogen) atoms. The molecule has 0 aliphatic carbocycles. The van der Waals surface area contributed by atoms with Crippen molar-refractivity contribution in [3.05, 3.63) is 247 Å². The fraction of sp³-hybridized carbons (Fsp3) is 0.350. The average molecular weight is 1980 g/mol. The Morgan fingerprint density at radius 1 is 0.293 bits per heavy atom. The van der Waals surface area contributed by atoms with Crippen LogP contribution in [0.3, 0.4) is 0 Å². The van der Waals surface area contributed by atoms with Gasteiger partial charge in [-0.3, -0.25) is 33.7 Å². The number of aromatic nitrogens is 12. The van der Waals surface area contributed by atoms with E-state index in [0.29, 0.717) is 107 Å². The molecule has 0 unspecified atom stereocenters. The van der Waals surface area contributed by atoms with Crippen LogP contribution in [0.4, 0.5) is 0 Å². The number of nitrogens with zero attached hydrogens (tertiary/aromatic N) is 9. The van der Waals surface area contributed by atoms with Crippen LogP contribution in [0.1, 0.15) is 295 Å². The second-order valence-corrected chi connectivity index (χ2v) is 39.3. The van der Waals surface area contributed by atoms with Crippen molar-refractivity contribution in [3.8, 4) is 0 Å². The molecule has 27 heteroatoms. The molecule has 6 aliphatic rings. The molecule has 0 spiro atoms. The van der Waals surface area contributed by atoms with Gasteiger partial charge in [-0.25, -0.2) is 29.9 Å². The van der Waals surface area contributed by atoms with Crippen LogP contribution in [-0.4, -0.2) is 204 Å². The van der Waals surface area contributed by atoms with Gasteiger partial charge in [-0.15, -0.1) is 0 Å². The van der Waals surface area contributed by atoms with Crippen molar-refractivity contribution in [1.82, 2.24) is 90.5 Å². The number of allylic oxidation sites excluding steroid dienone is 12. The van der Waals surface area contributed by atoms with Crippen LogP contribution in [0.15, 0.2) is 112 Å². The van der Waals surface area contributed by atoms with E-state index in [0.717, 1.165) is 284 Å². The largest absolute Gasteiger partial charge is 0.481 e. The molecule has 9 aromatic rings. The van der Waals surface area contributed by atoms with Crippen molar-refractivity contribution in [3.63, 3.8) is 0 Å². The van der Waals surface area contributed by atoms with Gasteiger partial charge in [0.15, 0.2) is 0 Å². The van der Waals surface area contributed by atoms with Gasteiger partial charge in [0.05, 0.1) is 68.3 Å². The summed E-state index contributed by atoms with van der Waals surface area (Å²) in [5.41, 5.74) is 43.4. The number of hydrogen-bond acceptors (Lipinski definition) is 15. The van der Waals surface area contributed by atoms with Gasteiger partial charge in [-0.1, -0.05) is 89.8 Å². The van der Waals surface area contributed by atoms with Gasteiger partial charge in [-0.05, 0) is 350 Å². The molecule has 12 N–H and O–H groups in total. The summed E-state index contributed by atoms with van der Waals surface area (Å²) in [6.45, 7) is 68.0. The zero-order chi connectivity index (χ0) is 107. The monoisotopic (exact) mass is 1980 g/mol. The van der Waals surface area contributed by atoms with Gasteiger partial charge in [0.25, 0.3) is 0 Å². The smallest absolute Gasteiger partial charge is 0.303 e. The van der Waals surface area contributed by atoms with E-state index in [1.54, 1.807) is 0 Å². The fourth-order valence-corrected chi connectivity index (χ4v) is 20.3. The lowest BCUT2D eigenvalue weighted by molar-refractivity contribution is -0.137. The van der Waals surface area contributed by atoms with E-state index >= 15 is 0 Å². The van der Waals surface area contributed by atoms with Crippen molar-refractivity contribution in [2.24, 2.45) is 0 Å². The number of likely N-dealkylation sites (N-methyl/N-ethyl adjacent to an activating group) is 2. The first-order chi connectivity index (χ1) is 70.1. The van der Waals surface area contributed by atoms with E-state index in [4.69, 9.17) is 29.9 Å². The average Bonchev–Trinajstić information content (AvgIpc) is 1.62. The molecule has 15 rings (SSSR count). The minimum Gasteiger partial charge on any atom is -0.481 e. The first-order valence-corrected chi connectivity index (χ1v) is 51.0. The van der Waals surface area contributed by atoms with Gasteiger partial charge in [0.2, 0.25) is 17.7 Å². The highest BCUT2D eigenvalue weighted by Gasteiger charge is 2.30. The Balaban J connectivity index is 0.000000184. The van der Waals surface area contributed by atoms with Crippen LogP contribution in [0, 0.1) is 41.5 Å². The molecule has 24 bridgehead atoms. The maximum absolute atomic E-state index is 13.2. The molecular weight excluding hydrogens is 1840 g/mol. The molecular formula is C120H144N18O9. The van der Waals surface area contributed by atoms with Crippen LogP contribution in [0.5, 0.6) is 0 Å². The summed E-state index contributed by atoms with van der Waals surface area (Å²) >= 11 is 0. The zero-order valence-corrected chi connectivity index (χ0v) is 89.2. The first-order valence-electron chi connectivity index (χ1n) is 51.0. The van der Waals surface area contributed by atoms with E-state index in [9.17, 15) is 44.1 Å². The number of aryl methyl sites for hydroxylation is 6. The Hall–Kier alpha value is -15.1. The van der Waals surface area contributed by atoms with Crippen LogP contribution in [0.2, 0.25) is 0 Å². The highest BCUT2D eigenvalue weighted by molar-refractivity contribution is 6.03. The predicted octanol–water partition coefficient (Wildman–Crippen LogP) is 24.5. The van der Waals surface area contributed by atoms with Gasteiger partial charge in [-0.2, -0.15) is 0 Å². The second kappa shape index (κ2) is 47.9. The number of carbonyl (C=O) groups is 6. The molecule has 6 aliphatic heterocycles. The minimum atomic E-state index is -0.866. The highest BCUT2D eigenvalue weighted by Crippen LogP contribution is 2.44. The Bertz CT molecular complexity index is 7600. The van der Waals surface area contributed by atoms with Crippen molar-refractivity contribution >= 4 is 205 Å². The number of carboxylic acid groups (broad SMARTS) is 3. The molecule has 3 amide bonds. The summed E-state index contributed by atoms with van der Waals surface area (Å²) in [5.74, 6) is -2.62. The van der Waals surface area contributed by atoms with Gasteiger partial charge >= 0.3 is 17.9 Å². The molecule has 0 aromatic carbocycles. The Kier molecular flexibility index (Phi) is 35.5. The van der Waals surface area contributed by atoms with Crippen molar-refractivity contribution in [2.45, 2.75) is 214 Å². The Morgan fingerprint density at radius 2 is 0.490 bits per heavy atom. The summed E-state index contributed by atoms with van der Waals surface area (Å²) in [7, 11) is 3.95. The molecule has 0 saturated heterocycles. The summed E-state index contributed by atoms with van der Waals surface area (Å²) in [5, 5.41) is 37.9. The number of nitrogens with one attached hydrogen (secondary N) is 9. The first kappa shape index (κ1) is 109. The quantitative estimate of drug-likeness (QED) is 0.0172. The maximum Gasteiger partial charge on any atom is 0.303 e. The normalized spacial score (nSPS) is 13.0. The van der Waals surface area contributed by atoms with Gasteiger partial charge < -0.3 is 71.0 Å². The molecule has 9 aromatic heterocycles. The molecule has 0 saturated carbocycles. The van der Waals surface area contributed by atoms with Crippen molar-refractivity contribution < 1.29 is 44.1 Å². The highest BCUT2D eigenvalue weighted by atomic mass is 16.4. The molecule has 27 nitrogen and oxygen atoms in total. The van der Waals surface area contributed by atoms with Crippen LogP contribution in [-0.2, 0) is 28.8 Å². The third-order valence-electron chi connectivity index (χ3n) is 29.2. The number of aliphatic carboxylic acids is 3. The summed E-state index contributed by atoms with van der Waals surface area (Å²) in [6, 6.07) is 25.1. The van der Waals surface area contributed by atoms with Crippen LogP contribution >= 0.6 is 0 Å². The number of H-pyrrole nitrogens is 6. The van der Waals surface area contributed by atoms with E-state index in [2.05, 4.69) is 196 Å².